The Morgan fingerprint density at radius 2 is 1.78 bits per heavy atom. The van der Waals surface area contributed by atoms with Gasteiger partial charge < -0.3 is 15.0 Å². The first-order valence-electron chi connectivity index (χ1n) is 8.74. The van der Waals surface area contributed by atoms with Gasteiger partial charge in [0.25, 0.3) is 0 Å². The highest BCUT2D eigenvalue weighted by molar-refractivity contribution is 5.76. The third kappa shape index (κ3) is 4.05. The number of aryl methyl sites for hydroxylation is 2. The van der Waals surface area contributed by atoms with Crippen molar-refractivity contribution in [3.63, 3.8) is 0 Å². The van der Waals surface area contributed by atoms with Gasteiger partial charge in [-0.3, -0.25) is 4.79 Å². The molecule has 4 nitrogen and oxygen atoms in total. The largest absolute Gasteiger partial charge is 0.493 e. The normalized spacial score (nSPS) is 26.1. The summed E-state index contributed by atoms with van der Waals surface area (Å²) in [5, 5.41) is 3.63. The molecule has 1 amide bonds. The molecule has 2 fully saturated rings. The van der Waals surface area contributed by atoms with Crippen molar-refractivity contribution >= 4 is 5.91 Å². The standard InChI is InChI=1S/C19H28N2O2/c1-13-8-14(2)10-18(9-13)23-7-6-19(22)21(3)17-11-15-4-5-16(12-17)20-15/h8-10,15-17,20H,4-7,11-12H2,1-3H3. The molecule has 2 saturated heterocycles. The number of nitrogens with one attached hydrogen (secondary N) is 1. The first-order chi connectivity index (χ1) is 11.0. The van der Waals surface area contributed by atoms with E-state index >= 15 is 0 Å². The molecule has 1 N–H and O–H groups in total. The lowest BCUT2D eigenvalue weighted by Gasteiger charge is -2.35. The van der Waals surface area contributed by atoms with Crippen molar-refractivity contribution in [3.8, 4) is 5.75 Å². The van der Waals surface area contributed by atoms with Gasteiger partial charge in [-0.2, -0.15) is 0 Å². The first kappa shape index (κ1) is 16.3. The van der Waals surface area contributed by atoms with Crippen molar-refractivity contribution in [3.05, 3.63) is 29.3 Å². The second-order valence-electron chi connectivity index (χ2n) is 7.19. The minimum atomic E-state index is 0.195. The van der Waals surface area contributed by atoms with Crippen LogP contribution in [-0.2, 0) is 4.79 Å². The van der Waals surface area contributed by atoms with E-state index in [0.717, 1.165) is 18.6 Å². The number of rotatable bonds is 5. The predicted octanol–water partition coefficient (Wildman–Crippen LogP) is 2.81. The summed E-state index contributed by atoms with van der Waals surface area (Å²) in [5.41, 5.74) is 2.38. The fourth-order valence-electron chi connectivity index (χ4n) is 4.00. The maximum atomic E-state index is 12.4. The Balaban J connectivity index is 1.47. The molecular formula is C19H28N2O2. The van der Waals surface area contributed by atoms with Crippen molar-refractivity contribution in [2.45, 2.75) is 64.1 Å². The number of nitrogens with zero attached hydrogens (tertiary/aromatic N) is 1. The van der Waals surface area contributed by atoms with Gasteiger partial charge in [-0.1, -0.05) is 6.07 Å². The molecule has 4 heteroatoms. The zero-order valence-electron chi connectivity index (χ0n) is 14.5. The Morgan fingerprint density at radius 3 is 2.39 bits per heavy atom. The van der Waals surface area contributed by atoms with Crippen LogP contribution in [0, 0.1) is 13.8 Å². The van der Waals surface area contributed by atoms with E-state index in [4.69, 9.17) is 4.74 Å². The molecule has 3 rings (SSSR count). The fourth-order valence-corrected chi connectivity index (χ4v) is 4.00. The van der Waals surface area contributed by atoms with Gasteiger partial charge >= 0.3 is 0 Å². The number of ether oxygens (including phenoxy) is 1. The molecule has 0 aromatic heterocycles. The SMILES string of the molecule is Cc1cc(C)cc(OCCC(=O)N(C)C2CC3CCC(C2)N3)c1. The highest BCUT2D eigenvalue weighted by atomic mass is 16.5. The quantitative estimate of drug-likeness (QED) is 0.908. The number of benzene rings is 1. The Kier molecular flexibility index (Phi) is 4.90. The molecule has 2 bridgehead atoms. The molecule has 2 aliphatic rings. The number of hydrogen-bond acceptors (Lipinski definition) is 3. The van der Waals surface area contributed by atoms with Crippen LogP contribution >= 0.6 is 0 Å². The van der Waals surface area contributed by atoms with Gasteiger partial charge in [-0.15, -0.1) is 0 Å². The summed E-state index contributed by atoms with van der Waals surface area (Å²) in [6.45, 7) is 4.57. The molecule has 2 heterocycles. The van der Waals surface area contributed by atoms with Crippen LogP contribution in [0.4, 0.5) is 0 Å². The third-order valence-electron chi connectivity index (χ3n) is 5.17. The fraction of sp³-hybridized carbons (Fsp3) is 0.632. The summed E-state index contributed by atoms with van der Waals surface area (Å²) in [5.74, 6) is 1.05. The Hall–Kier alpha value is -1.55. The Bertz CT molecular complexity index is 540. The minimum Gasteiger partial charge on any atom is -0.493 e. The van der Waals surface area contributed by atoms with Crippen molar-refractivity contribution in [2.24, 2.45) is 0 Å². The molecule has 2 atom stereocenters. The van der Waals surface area contributed by atoms with Crippen LogP contribution in [0.15, 0.2) is 18.2 Å². The van der Waals surface area contributed by atoms with Crippen molar-refractivity contribution in [1.29, 1.82) is 0 Å². The number of piperidine rings is 1. The van der Waals surface area contributed by atoms with Crippen LogP contribution in [0.2, 0.25) is 0 Å². The monoisotopic (exact) mass is 316 g/mol. The van der Waals surface area contributed by atoms with E-state index in [0.29, 0.717) is 31.2 Å². The van der Waals surface area contributed by atoms with E-state index in [2.05, 4.69) is 25.2 Å². The summed E-state index contributed by atoms with van der Waals surface area (Å²) >= 11 is 0. The van der Waals surface area contributed by atoms with Crippen molar-refractivity contribution in [2.75, 3.05) is 13.7 Å². The van der Waals surface area contributed by atoms with Crippen LogP contribution in [0.5, 0.6) is 5.75 Å². The van der Waals surface area contributed by atoms with Crippen LogP contribution in [0.25, 0.3) is 0 Å². The minimum absolute atomic E-state index is 0.195. The molecular weight excluding hydrogens is 288 g/mol. The topological polar surface area (TPSA) is 41.6 Å². The third-order valence-corrected chi connectivity index (χ3v) is 5.17. The molecule has 1 aromatic rings. The van der Waals surface area contributed by atoms with Crippen LogP contribution in [0.3, 0.4) is 0 Å². The van der Waals surface area contributed by atoms with Crippen LogP contribution in [-0.4, -0.2) is 42.6 Å². The lowest BCUT2D eigenvalue weighted by atomic mass is 9.98. The number of carbonyl (C=O) groups excluding carboxylic acids is 1. The summed E-state index contributed by atoms with van der Waals surface area (Å²) in [6, 6.07) is 7.78. The van der Waals surface area contributed by atoms with Crippen molar-refractivity contribution in [1.82, 2.24) is 10.2 Å². The summed E-state index contributed by atoms with van der Waals surface area (Å²) in [6.07, 6.45) is 5.16. The first-order valence-corrected chi connectivity index (χ1v) is 8.74. The molecule has 23 heavy (non-hydrogen) atoms. The molecule has 0 spiro atoms. The number of fused-ring (bicyclic) bond motifs is 2. The summed E-state index contributed by atoms with van der Waals surface area (Å²) in [4.78, 5) is 14.4. The maximum absolute atomic E-state index is 12.4. The molecule has 1 aromatic carbocycles. The lowest BCUT2D eigenvalue weighted by molar-refractivity contribution is -0.133. The van der Waals surface area contributed by atoms with E-state index < -0.39 is 0 Å². The van der Waals surface area contributed by atoms with Crippen LogP contribution in [0.1, 0.15) is 43.2 Å². The van der Waals surface area contributed by atoms with Gasteiger partial charge in [0.1, 0.15) is 5.75 Å². The second-order valence-corrected chi connectivity index (χ2v) is 7.19. The van der Waals surface area contributed by atoms with Gasteiger partial charge in [0.05, 0.1) is 13.0 Å². The van der Waals surface area contributed by atoms with Gasteiger partial charge in [-0.05, 0) is 62.8 Å². The highest BCUT2D eigenvalue weighted by Gasteiger charge is 2.36. The highest BCUT2D eigenvalue weighted by Crippen LogP contribution is 2.29. The molecule has 0 saturated carbocycles. The van der Waals surface area contributed by atoms with E-state index in [1.807, 2.05) is 24.1 Å². The molecule has 0 aliphatic carbocycles. The zero-order chi connectivity index (χ0) is 16.4. The van der Waals surface area contributed by atoms with E-state index in [-0.39, 0.29) is 5.91 Å². The summed E-state index contributed by atoms with van der Waals surface area (Å²) in [7, 11) is 1.95. The molecule has 2 aliphatic heterocycles. The van der Waals surface area contributed by atoms with E-state index in [1.54, 1.807) is 0 Å². The number of carbonyl (C=O) groups is 1. The number of amides is 1. The van der Waals surface area contributed by atoms with E-state index in [1.165, 1.54) is 24.0 Å². The number of hydrogen-bond donors (Lipinski definition) is 1. The van der Waals surface area contributed by atoms with Gasteiger partial charge in [0.15, 0.2) is 0 Å². The van der Waals surface area contributed by atoms with Crippen LogP contribution < -0.4 is 10.1 Å². The maximum Gasteiger partial charge on any atom is 0.225 e. The average Bonchev–Trinajstić information content (AvgIpc) is 2.83. The smallest absolute Gasteiger partial charge is 0.225 e. The van der Waals surface area contributed by atoms with Gasteiger partial charge in [0.2, 0.25) is 5.91 Å². The predicted molar refractivity (Wildman–Crippen MR) is 91.8 cm³/mol. The second kappa shape index (κ2) is 6.91. The van der Waals surface area contributed by atoms with E-state index in [9.17, 15) is 4.79 Å². The Morgan fingerprint density at radius 1 is 1.17 bits per heavy atom. The molecule has 0 radical (unpaired) electrons. The summed E-state index contributed by atoms with van der Waals surface area (Å²) < 4.78 is 5.77. The molecule has 2 unspecified atom stereocenters. The van der Waals surface area contributed by atoms with Gasteiger partial charge in [-0.25, -0.2) is 0 Å². The van der Waals surface area contributed by atoms with Crippen molar-refractivity contribution < 1.29 is 9.53 Å². The Labute approximate surface area is 139 Å². The zero-order valence-corrected chi connectivity index (χ0v) is 14.5. The van der Waals surface area contributed by atoms with Gasteiger partial charge in [0, 0.05) is 25.2 Å². The molecule has 126 valence electrons. The lowest BCUT2D eigenvalue weighted by Crippen LogP contribution is -2.48. The average molecular weight is 316 g/mol.